The van der Waals surface area contributed by atoms with Gasteiger partial charge in [0.05, 0.1) is 4.47 Å². The van der Waals surface area contributed by atoms with E-state index in [-0.39, 0.29) is 11.7 Å². The fourth-order valence-electron chi connectivity index (χ4n) is 1.54. The van der Waals surface area contributed by atoms with Crippen LogP contribution in [0.4, 0.5) is 14.5 Å². The second kappa shape index (κ2) is 6.00. The van der Waals surface area contributed by atoms with Gasteiger partial charge in [-0.15, -0.1) is 0 Å². The number of hydrogen-bond donors (Lipinski definition) is 1. The van der Waals surface area contributed by atoms with Crippen molar-refractivity contribution in [2.75, 3.05) is 5.32 Å². The van der Waals surface area contributed by atoms with Gasteiger partial charge in [-0.05, 0) is 46.3 Å². The summed E-state index contributed by atoms with van der Waals surface area (Å²) in [6.07, 6.45) is 0. The molecule has 0 unspecified atom stereocenters. The Morgan fingerprint density at radius 3 is 2.45 bits per heavy atom. The molecule has 0 saturated carbocycles. The number of nitrogens with one attached hydrogen (secondary N) is 1. The number of benzene rings is 2. The lowest BCUT2D eigenvalue weighted by Gasteiger charge is -2.10. The Labute approximate surface area is 122 Å². The van der Waals surface area contributed by atoms with Gasteiger partial charge in [-0.25, -0.2) is 8.78 Å². The molecule has 0 spiro atoms. The summed E-state index contributed by atoms with van der Waals surface area (Å²) in [4.78, 5) is 10.9. The summed E-state index contributed by atoms with van der Waals surface area (Å²) in [5.41, 5.74) is 0.580. The van der Waals surface area contributed by atoms with Gasteiger partial charge in [0, 0.05) is 18.7 Å². The molecule has 104 valence electrons. The molecular weight excluding hydrogens is 332 g/mol. The van der Waals surface area contributed by atoms with Gasteiger partial charge in [-0.1, -0.05) is 0 Å². The van der Waals surface area contributed by atoms with E-state index in [1.807, 2.05) is 0 Å². The molecule has 0 aliphatic carbocycles. The van der Waals surface area contributed by atoms with E-state index >= 15 is 0 Å². The molecule has 0 atom stereocenters. The minimum Gasteiger partial charge on any atom is -0.453 e. The van der Waals surface area contributed by atoms with Crippen molar-refractivity contribution in [1.82, 2.24) is 0 Å². The van der Waals surface area contributed by atoms with Crippen LogP contribution in [0.2, 0.25) is 0 Å². The number of carbonyl (C=O) groups excluding carboxylic acids is 1. The van der Waals surface area contributed by atoms with E-state index in [9.17, 15) is 13.6 Å². The highest BCUT2D eigenvalue weighted by Gasteiger charge is 2.09. The number of carbonyl (C=O) groups is 1. The minimum atomic E-state index is -0.789. The second-order valence-corrected chi connectivity index (χ2v) is 4.86. The molecule has 0 fully saturated rings. The normalized spacial score (nSPS) is 10.2. The molecule has 3 nitrogen and oxygen atoms in total. The first-order chi connectivity index (χ1) is 9.45. The van der Waals surface area contributed by atoms with Gasteiger partial charge in [0.2, 0.25) is 5.91 Å². The zero-order chi connectivity index (χ0) is 14.7. The van der Waals surface area contributed by atoms with E-state index in [1.165, 1.54) is 13.0 Å². The van der Waals surface area contributed by atoms with Crippen molar-refractivity contribution in [2.45, 2.75) is 6.92 Å². The molecule has 1 amide bonds. The minimum absolute atomic E-state index is 0.0839. The maximum Gasteiger partial charge on any atom is 0.221 e. The molecule has 0 aliphatic heterocycles. The fraction of sp³-hybridized carbons (Fsp3) is 0.0714. The molecule has 0 aliphatic rings. The van der Waals surface area contributed by atoms with Crippen molar-refractivity contribution < 1.29 is 18.3 Å². The summed E-state index contributed by atoms with van der Waals surface area (Å²) in [6, 6.07) is 7.87. The van der Waals surface area contributed by atoms with Crippen LogP contribution in [0.5, 0.6) is 11.5 Å². The maximum atomic E-state index is 13.5. The fourth-order valence-corrected chi connectivity index (χ4v) is 2.00. The quantitative estimate of drug-likeness (QED) is 0.893. The molecule has 20 heavy (non-hydrogen) atoms. The van der Waals surface area contributed by atoms with Crippen LogP contribution in [0.25, 0.3) is 0 Å². The molecule has 2 rings (SSSR count). The third kappa shape index (κ3) is 3.54. The van der Waals surface area contributed by atoms with Crippen LogP contribution in [-0.2, 0) is 4.79 Å². The zero-order valence-electron chi connectivity index (χ0n) is 10.4. The largest absolute Gasteiger partial charge is 0.453 e. The van der Waals surface area contributed by atoms with Gasteiger partial charge in [-0.2, -0.15) is 0 Å². The van der Waals surface area contributed by atoms with Crippen molar-refractivity contribution in [3.8, 4) is 11.5 Å². The van der Waals surface area contributed by atoms with E-state index in [4.69, 9.17) is 4.74 Å². The molecule has 1 N–H and O–H groups in total. The molecule has 0 heterocycles. The maximum absolute atomic E-state index is 13.5. The smallest absolute Gasteiger partial charge is 0.221 e. The van der Waals surface area contributed by atoms with Gasteiger partial charge in [0.1, 0.15) is 11.6 Å². The lowest BCUT2D eigenvalue weighted by molar-refractivity contribution is -0.114. The van der Waals surface area contributed by atoms with Crippen LogP contribution in [0, 0.1) is 11.6 Å². The lowest BCUT2D eigenvalue weighted by atomic mass is 10.3. The van der Waals surface area contributed by atoms with Gasteiger partial charge >= 0.3 is 0 Å². The van der Waals surface area contributed by atoms with Crippen molar-refractivity contribution >= 4 is 27.5 Å². The first-order valence-electron chi connectivity index (χ1n) is 5.66. The van der Waals surface area contributed by atoms with Crippen LogP contribution in [0.1, 0.15) is 6.92 Å². The molecule has 0 saturated heterocycles. The van der Waals surface area contributed by atoms with E-state index in [2.05, 4.69) is 21.2 Å². The van der Waals surface area contributed by atoms with E-state index < -0.39 is 11.6 Å². The molecule has 2 aromatic carbocycles. The Balaban J connectivity index is 2.23. The number of amides is 1. The Hall–Kier alpha value is -1.95. The van der Waals surface area contributed by atoms with Crippen molar-refractivity contribution in [1.29, 1.82) is 0 Å². The van der Waals surface area contributed by atoms with Crippen molar-refractivity contribution in [3.63, 3.8) is 0 Å². The average molecular weight is 342 g/mol. The number of ether oxygens (including phenoxy) is 1. The first-order valence-corrected chi connectivity index (χ1v) is 6.45. The average Bonchev–Trinajstić information content (AvgIpc) is 2.34. The molecule has 0 bridgehead atoms. The van der Waals surface area contributed by atoms with Crippen LogP contribution >= 0.6 is 15.9 Å². The monoisotopic (exact) mass is 341 g/mol. The number of halogens is 3. The van der Waals surface area contributed by atoms with Gasteiger partial charge in [-0.3, -0.25) is 4.79 Å². The first kappa shape index (κ1) is 14.5. The van der Waals surface area contributed by atoms with Crippen LogP contribution in [0.15, 0.2) is 40.9 Å². The molecule has 0 aromatic heterocycles. The van der Waals surface area contributed by atoms with Crippen LogP contribution in [-0.4, -0.2) is 5.91 Å². The highest BCUT2D eigenvalue weighted by atomic mass is 79.9. The highest BCUT2D eigenvalue weighted by molar-refractivity contribution is 9.10. The highest BCUT2D eigenvalue weighted by Crippen LogP contribution is 2.33. The summed E-state index contributed by atoms with van der Waals surface area (Å²) in [6.45, 7) is 1.40. The van der Waals surface area contributed by atoms with Crippen LogP contribution < -0.4 is 10.1 Å². The van der Waals surface area contributed by atoms with Gasteiger partial charge in [0.15, 0.2) is 11.6 Å². The predicted molar refractivity (Wildman–Crippen MR) is 74.9 cm³/mol. The standard InChI is InChI=1S/C14H10BrF2NO2/c1-8(19)18-10-3-5-13(11(15)7-10)20-14-4-2-9(16)6-12(14)17/h2-7H,1H3,(H,18,19). The Bertz CT molecular complexity index is 662. The summed E-state index contributed by atoms with van der Waals surface area (Å²) < 4.78 is 32.2. The third-order valence-corrected chi connectivity index (χ3v) is 2.99. The topological polar surface area (TPSA) is 38.3 Å². The summed E-state index contributed by atoms with van der Waals surface area (Å²) in [5.74, 6) is -1.39. The van der Waals surface area contributed by atoms with Crippen LogP contribution in [0.3, 0.4) is 0 Å². The van der Waals surface area contributed by atoms with Crippen molar-refractivity contribution in [3.05, 3.63) is 52.5 Å². The van der Waals surface area contributed by atoms with Gasteiger partial charge in [0.25, 0.3) is 0 Å². The third-order valence-electron chi connectivity index (χ3n) is 2.37. The second-order valence-electron chi connectivity index (χ2n) is 4.00. The Morgan fingerprint density at radius 1 is 1.15 bits per heavy atom. The molecule has 6 heteroatoms. The zero-order valence-corrected chi connectivity index (χ0v) is 12.0. The number of anilines is 1. The SMILES string of the molecule is CC(=O)Nc1ccc(Oc2ccc(F)cc2F)c(Br)c1. The Morgan fingerprint density at radius 2 is 1.85 bits per heavy atom. The molecule has 0 radical (unpaired) electrons. The van der Waals surface area contributed by atoms with Gasteiger partial charge < -0.3 is 10.1 Å². The predicted octanol–water partition coefficient (Wildman–Crippen LogP) is 4.48. The summed E-state index contributed by atoms with van der Waals surface area (Å²) in [5, 5.41) is 2.61. The van der Waals surface area contributed by atoms with E-state index in [1.54, 1.807) is 18.2 Å². The molecular formula is C14H10BrF2NO2. The summed E-state index contributed by atoms with van der Waals surface area (Å²) in [7, 11) is 0. The number of rotatable bonds is 3. The number of hydrogen-bond acceptors (Lipinski definition) is 2. The van der Waals surface area contributed by atoms with Crippen molar-refractivity contribution in [2.24, 2.45) is 0 Å². The Kier molecular flexibility index (Phi) is 4.34. The lowest BCUT2D eigenvalue weighted by Crippen LogP contribution is -2.05. The molecule has 2 aromatic rings. The van der Waals surface area contributed by atoms with E-state index in [0.29, 0.717) is 15.9 Å². The van der Waals surface area contributed by atoms with E-state index in [0.717, 1.165) is 12.1 Å². The summed E-state index contributed by atoms with van der Waals surface area (Å²) >= 11 is 3.26.